The normalized spacial score (nSPS) is 10.8. The number of aryl methyl sites for hydroxylation is 2. The molecule has 2 aromatic heterocycles. The summed E-state index contributed by atoms with van der Waals surface area (Å²) in [6.07, 6.45) is 3.49. The first kappa shape index (κ1) is 19.1. The van der Waals surface area contributed by atoms with E-state index >= 15 is 0 Å². The third kappa shape index (κ3) is 6.74. The van der Waals surface area contributed by atoms with E-state index in [1.165, 1.54) is 0 Å². The van der Waals surface area contributed by atoms with Gasteiger partial charge < -0.3 is 20.6 Å². The van der Waals surface area contributed by atoms with Crippen LogP contribution in [0.25, 0.3) is 0 Å². The lowest BCUT2D eigenvalue weighted by Crippen LogP contribution is -2.37. The lowest BCUT2D eigenvalue weighted by atomic mass is 10.4. The molecule has 0 fully saturated rings. The van der Waals surface area contributed by atoms with E-state index in [0.29, 0.717) is 0 Å². The van der Waals surface area contributed by atoms with Crippen LogP contribution in [0, 0.1) is 13.8 Å². The molecule has 0 aliphatic heterocycles. The van der Waals surface area contributed by atoms with E-state index in [1.807, 2.05) is 37.4 Å². The Balaban J connectivity index is 1.44. The summed E-state index contributed by atoms with van der Waals surface area (Å²) in [5, 5.41) is 7.20. The van der Waals surface area contributed by atoms with E-state index in [1.54, 1.807) is 12.7 Å². The number of thiocarbonyl (C=S) groups is 1. The zero-order chi connectivity index (χ0) is 17.2. The van der Waals surface area contributed by atoms with Crippen molar-refractivity contribution in [1.29, 1.82) is 0 Å². The number of hydrogen-bond donors (Lipinski definition) is 4. The molecular formula is C15H24N6S3. The topological polar surface area (TPSA) is 81.4 Å². The number of nitrogens with one attached hydrogen (secondary N) is 4. The van der Waals surface area contributed by atoms with E-state index in [2.05, 4.69) is 30.6 Å². The molecule has 2 heterocycles. The summed E-state index contributed by atoms with van der Waals surface area (Å²) in [5.41, 5.74) is 4.56. The fourth-order valence-corrected chi connectivity index (χ4v) is 3.89. The van der Waals surface area contributed by atoms with Crippen LogP contribution in [0.4, 0.5) is 0 Å². The monoisotopic (exact) mass is 384 g/mol. The van der Waals surface area contributed by atoms with E-state index in [4.69, 9.17) is 12.2 Å². The van der Waals surface area contributed by atoms with Crippen LogP contribution in [-0.2, 0) is 11.5 Å². The van der Waals surface area contributed by atoms with Gasteiger partial charge in [-0.25, -0.2) is 9.97 Å². The number of hydrogen-bond acceptors (Lipinski definition) is 5. The van der Waals surface area contributed by atoms with Gasteiger partial charge in [0.25, 0.3) is 0 Å². The second-order valence-corrected chi connectivity index (χ2v) is 7.85. The van der Waals surface area contributed by atoms with Gasteiger partial charge in [-0.3, -0.25) is 0 Å². The van der Waals surface area contributed by atoms with Crippen LogP contribution >= 0.6 is 35.7 Å². The first-order valence-corrected chi connectivity index (χ1v) is 10.5. The molecule has 0 aromatic carbocycles. The van der Waals surface area contributed by atoms with Gasteiger partial charge in [0.2, 0.25) is 0 Å². The molecule has 6 nitrogen and oxygen atoms in total. The fraction of sp³-hybridized carbons (Fsp3) is 0.533. The van der Waals surface area contributed by atoms with Crippen LogP contribution in [0.5, 0.6) is 0 Å². The summed E-state index contributed by atoms with van der Waals surface area (Å²) in [4.78, 5) is 14.8. The Kier molecular flexibility index (Phi) is 8.48. The average molecular weight is 385 g/mol. The number of imidazole rings is 2. The first-order valence-electron chi connectivity index (χ1n) is 7.81. The van der Waals surface area contributed by atoms with Crippen LogP contribution in [0.1, 0.15) is 22.8 Å². The largest absolute Gasteiger partial charge is 0.362 e. The third-order valence-electron chi connectivity index (χ3n) is 3.41. The van der Waals surface area contributed by atoms with E-state index in [-0.39, 0.29) is 0 Å². The van der Waals surface area contributed by atoms with Crippen LogP contribution in [0.2, 0.25) is 0 Å². The minimum atomic E-state index is 0.725. The van der Waals surface area contributed by atoms with Gasteiger partial charge in [-0.15, -0.1) is 0 Å². The van der Waals surface area contributed by atoms with Gasteiger partial charge in [0.15, 0.2) is 5.11 Å². The maximum absolute atomic E-state index is 5.28. The van der Waals surface area contributed by atoms with Gasteiger partial charge in [-0.05, 0) is 26.1 Å². The van der Waals surface area contributed by atoms with Crippen LogP contribution in [-0.4, -0.2) is 49.6 Å². The number of nitrogens with zero attached hydrogens (tertiary/aromatic N) is 2. The van der Waals surface area contributed by atoms with E-state index in [9.17, 15) is 0 Å². The Hall–Kier alpha value is -1.19. The zero-order valence-corrected chi connectivity index (χ0v) is 16.5. The van der Waals surface area contributed by atoms with Crippen molar-refractivity contribution in [3.8, 4) is 0 Å². The lowest BCUT2D eigenvalue weighted by Gasteiger charge is -2.10. The average Bonchev–Trinajstić information content (AvgIpc) is 3.15. The highest BCUT2D eigenvalue weighted by molar-refractivity contribution is 7.98. The molecule has 24 heavy (non-hydrogen) atoms. The minimum absolute atomic E-state index is 0.725. The number of H-pyrrole nitrogens is 2. The van der Waals surface area contributed by atoms with Gasteiger partial charge in [0.1, 0.15) is 0 Å². The Bertz CT molecular complexity index is 572. The molecule has 2 aromatic rings. The summed E-state index contributed by atoms with van der Waals surface area (Å²) in [7, 11) is 0. The molecular weight excluding hydrogens is 360 g/mol. The Morgan fingerprint density at radius 3 is 1.79 bits per heavy atom. The highest BCUT2D eigenvalue weighted by atomic mass is 32.2. The summed E-state index contributed by atoms with van der Waals surface area (Å²) >= 11 is 8.98. The van der Waals surface area contributed by atoms with Crippen molar-refractivity contribution >= 4 is 40.9 Å². The predicted octanol–water partition coefficient (Wildman–Crippen LogP) is 2.38. The maximum Gasteiger partial charge on any atom is 0.166 e. The van der Waals surface area contributed by atoms with Crippen molar-refractivity contribution in [2.24, 2.45) is 0 Å². The highest BCUT2D eigenvalue weighted by Gasteiger charge is 2.02. The Labute approximate surface area is 156 Å². The molecule has 0 saturated heterocycles. The summed E-state index contributed by atoms with van der Waals surface area (Å²) < 4.78 is 0. The van der Waals surface area contributed by atoms with Gasteiger partial charge in [-0.2, -0.15) is 23.5 Å². The second kappa shape index (κ2) is 10.6. The maximum atomic E-state index is 5.28. The van der Waals surface area contributed by atoms with Crippen molar-refractivity contribution in [3.05, 3.63) is 35.4 Å². The molecule has 0 amide bonds. The van der Waals surface area contributed by atoms with Crippen molar-refractivity contribution < 1.29 is 0 Å². The molecule has 0 spiro atoms. The van der Waals surface area contributed by atoms with E-state index in [0.717, 1.165) is 64.0 Å². The minimum Gasteiger partial charge on any atom is -0.362 e. The fourth-order valence-electron chi connectivity index (χ4n) is 1.94. The quantitative estimate of drug-likeness (QED) is 0.370. The molecule has 0 saturated carbocycles. The lowest BCUT2D eigenvalue weighted by molar-refractivity contribution is 0.891. The number of thioether (sulfide) groups is 2. The SMILES string of the molecule is Cc1[nH]cnc1CSCCNC(=S)NCCSCc1nc[nH]c1C. The first-order chi connectivity index (χ1) is 11.7. The molecule has 0 unspecified atom stereocenters. The number of aromatic amines is 2. The Morgan fingerprint density at radius 1 is 0.958 bits per heavy atom. The summed E-state index contributed by atoms with van der Waals surface area (Å²) in [6, 6.07) is 0. The molecule has 4 N–H and O–H groups in total. The van der Waals surface area contributed by atoms with E-state index < -0.39 is 0 Å². The molecule has 9 heteroatoms. The molecule has 0 atom stereocenters. The van der Waals surface area contributed by atoms with Crippen LogP contribution in [0.3, 0.4) is 0 Å². The number of aromatic nitrogens is 4. The van der Waals surface area contributed by atoms with Gasteiger partial charge >= 0.3 is 0 Å². The molecule has 132 valence electrons. The molecule has 0 radical (unpaired) electrons. The zero-order valence-electron chi connectivity index (χ0n) is 14.0. The van der Waals surface area contributed by atoms with Gasteiger partial charge in [-0.1, -0.05) is 0 Å². The van der Waals surface area contributed by atoms with Crippen molar-refractivity contribution in [2.45, 2.75) is 25.4 Å². The molecule has 0 aliphatic rings. The molecule has 2 rings (SSSR count). The molecule has 0 aliphatic carbocycles. The van der Waals surface area contributed by atoms with Gasteiger partial charge in [0.05, 0.1) is 24.0 Å². The predicted molar refractivity (Wildman–Crippen MR) is 108 cm³/mol. The van der Waals surface area contributed by atoms with Crippen molar-refractivity contribution in [3.63, 3.8) is 0 Å². The Morgan fingerprint density at radius 2 is 1.42 bits per heavy atom. The number of rotatable bonds is 10. The third-order valence-corrected chi connectivity index (χ3v) is 5.64. The van der Waals surface area contributed by atoms with Crippen LogP contribution < -0.4 is 10.6 Å². The summed E-state index contributed by atoms with van der Waals surface area (Å²) in [6.45, 7) is 5.82. The highest BCUT2D eigenvalue weighted by Crippen LogP contribution is 2.12. The summed E-state index contributed by atoms with van der Waals surface area (Å²) in [5.74, 6) is 3.86. The van der Waals surface area contributed by atoms with Crippen molar-refractivity contribution in [1.82, 2.24) is 30.6 Å². The van der Waals surface area contributed by atoms with Crippen LogP contribution in [0.15, 0.2) is 12.7 Å². The smallest absolute Gasteiger partial charge is 0.166 e. The molecule has 0 bridgehead atoms. The van der Waals surface area contributed by atoms with Crippen molar-refractivity contribution in [2.75, 3.05) is 24.6 Å². The van der Waals surface area contributed by atoms with Gasteiger partial charge in [0, 0.05) is 47.5 Å². The second-order valence-electron chi connectivity index (χ2n) is 5.24. The standard InChI is InChI=1S/C15H24N6S3/c1-11-13(20-9-18-11)7-23-5-3-16-15(22)17-4-6-24-8-14-12(2)19-10-21-14/h9-10H,3-8H2,1-2H3,(H,18,20)(H,19,21)(H2,16,17,22).